The second-order valence-corrected chi connectivity index (χ2v) is 6.83. The molecule has 0 aromatic heterocycles. The fraction of sp³-hybridized carbons (Fsp3) is 0.857. The third-order valence-electron chi connectivity index (χ3n) is 2.65. The Balaban J connectivity index is 4.82. The van der Waals surface area contributed by atoms with E-state index in [0.29, 0.717) is 6.42 Å². The Morgan fingerprint density at radius 1 is 1.06 bits per heavy atom. The monoisotopic (exact) mass is 242 g/mol. The van der Waals surface area contributed by atoms with Gasteiger partial charge >= 0.3 is 11.9 Å². The van der Waals surface area contributed by atoms with E-state index in [-0.39, 0.29) is 29.1 Å². The molecule has 0 amide bonds. The molecule has 3 nitrogen and oxygen atoms in total. The van der Waals surface area contributed by atoms with Gasteiger partial charge in [0.1, 0.15) is 0 Å². The predicted molar refractivity (Wildman–Crippen MR) is 68.4 cm³/mol. The lowest BCUT2D eigenvalue weighted by Gasteiger charge is -2.33. The van der Waals surface area contributed by atoms with Crippen LogP contribution in [0.15, 0.2) is 0 Å². The van der Waals surface area contributed by atoms with Crippen LogP contribution in [0.2, 0.25) is 0 Å². The van der Waals surface area contributed by atoms with Gasteiger partial charge in [-0.05, 0) is 17.3 Å². The number of carbonyl (C=O) groups is 2. The van der Waals surface area contributed by atoms with Crippen LogP contribution in [0.1, 0.15) is 61.3 Å². The molecule has 0 heterocycles. The summed E-state index contributed by atoms with van der Waals surface area (Å²) >= 11 is 0. The van der Waals surface area contributed by atoms with E-state index >= 15 is 0 Å². The van der Waals surface area contributed by atoms with Gasteiger partial charge in [0, 0.05) is 6.42 Å². The van der Waals surface area contributed by atoms with Gasteiger partial charge in [0.05, 0.1) is 5.92 Å². The van der Waals surface area contributed by atoms with Crippen LogP contribution in [-0.4, -0.2) is 11.9 Å². The molecule has 3 heteroatoms. The molecule has 0 saturated heterocycles. The van der Waals surface area contributed by atoms with Crippen molar-refractivity contribution in [2.45, 2.75) is 61.3 Å². The van der Waals surface area contributed by atoms with Gasteiger partial charge in [0.25, 0.3) is 0 Å². The normalized spacial score (nSPS) is 14.3. The molecule has 17 heavy (non-hydrogen) atoms. The minimum absolute atomic E-state index is 0.0340. The van der Waals surface area contributed by atoms with Crippen LogP contribution in [0.3, 0.4) is 0 Å². The number of carbonyl (C=O) groups excluding carboxylic acids is 2. The summed E-state index contributed by atoms with van der Waals surface area (Å²) in [7, 11) is 0. The summed E-state index contributed by atoms with van der Waals surface area (Å²) in [5.74, 6) is -1.09. The van der Waals surface area contributed by atoms with Crippen LogP contribution in [-0.2, 0) is 14.3 Å². The van der Waals surface area contributed by atoms with Crippen LogP contribution in [0, 0.1) is 16.7 Å². The molecular formula is C14H26O3. The first-order valence-electron chi connectivity index (χ1n) is 6.22. The molecule has 0 aromatic rings. The summed E-state index contributed by atoms with van der Waals surface area (Å²) in [5, 5.41) is 0. The molecule has 0 bridgehead atoms. The van der Waals surface area contributed by atoms with Crippen LogP contribution in [0.4, 0.5) is 0 Å². The first kappa shape index (κ1) is 16.1. The fourth-order valence-electron chi connectivity index (χ4n) is 1.61. The summed E-state index contributed by atoms with van der Waals surface area (Å²) in [6, 6.07) is 0. The molecule has 1 atom stereocenters. The van der Waals surface area contributed by atoms with Crippen molar-refractivity contribution < 1.29 is 14.3 Å². The number of hydrogen-bond acceptors (Lipinski definition) is 3. The summed E-state index contributed by atoms with van der Waals surface area (Å²) in [5.41, 5.74) is -0.162. The first-order chi connectivity index (χ1) is 7.47. The summed E-state index contributed by atoms with van der Waals surface area (Å²) < 4.78 is 4.86. The van der Waals surface area contributed by atoms with Crippen molar-refractivity contribution in [2.24, 2.45) is 16.7 Å². The first-order valence-corrected chi connectivity index (χ1v) is 6.22. The standard InChI is InChI=1S/C14H26O3/c1-8-11(15)17-12(16)10(14(5,6)7)9-13(2,3)4/h10H,8-9H2,1-7H3. The average Bonchev–Trinajstić information content (AvgIpc) is 2.10. The molecular weight excluding hydrogens is 216 g/mol. The molecule has 0 aliphatic heterocycles. The van der Waals surface area contributed by atoms with E-state index in [1.54, 1.807) is 6.92 Å². The highest BCUT2D eigenvalue weighted by Gasteiger charge is 2.36. The second kappa shape index (κ2) is 5.65. The molecule has 0 saturated carbocycles. The maximum Gasteiger partial charge on any atom is 0.317 e. The highest BCUT2D eigenvalue weighted by Crippen LogP contribution is 2.36. The zero-order valence-electron chi connectivity index (χ0n) is 12.2. The Morgan fingerprint density at radius 3 is 1.82 bits per heavy atom. The topological polar surface area (TPSA) is 43.4 Å². The highest BCUT2D eigenvalue weighted by atomic mass is 16.6. The molecule has 0 spiro atoms. The van der Waals surface area contributed by atoms with E-state index in [1.165, 1.54) is 0 Å². The fourth-order valence-corrected chi connectivity index (χ4v) is 1.61. The molecule has 0 N–H and O–H groups in total. The lowest BCUT2D eigenvalue weighted by atomic mass is 9.72. The van der Waals surface area contributed by atoms with E-state index in [9.17, 15) is 9.59 Å². The third-order valence-corrected chi connectivity index (χ3v) is 2.65. The van der Waals surface area contributed by atoms with E-state index in [0.717, 1.165) is 0 Å². The second-order valence-electron chi connectivity index (χ2n) is 6.83. The molecule has 0 aromatic carbocycles. The number of hydrogen-bond donors (Lipinski definition) is 0. The third kappa shape index (κ3) is 6.44. The van der Waals surface area contributed by atoms with E-state index < -0.39 is 5.97 Å². The van der Waals surface area contributed by atoms with Gasteiger partial charge in [-0.25, -0.2) is 0 Å². The Kier molecular flexibility index (Phi) is 5.37. The largest absolute Gasteiger partial charge is 0.393 e. The van der Waals surface area contributed by atoms with Gasteiger partial charge in [-0.3, -0.25) is 9.59 Å². The van der Waals surface area contributed by atoms with Crippen molar-refractivity contribution in [3.05, 3.63) is 0 Å². The van der Waals surface area contributed by atoms with Crippen LogP contribution in [0.5, 0.6) is 0 Å². The smallest absolute Gasteiger partial charge is 0.317 e. The summed E-state index contributed by atoms with van der Waals surface area (Å²) in [4.78, 5) is 23.2. The molecule has 0 radical (unpaired) electrons. The average molecular weight is 242 g/mol. The lowest BCUT2D eigenvalue weighted by Crippen LogP contribution is -2.34. The van der Waals surface area contributed by atoms with Crippen molar-refractivity contribution in [2.75, 3.05) is 0 Å². The maximum absolute atomic E-state index is 12.0. The molecule has 0 fully saturated rings. The Labute approximate surface area is 105 Å². The van der Waals surface area contributed by atoms with Crippen molar-refractivity contribution >= 4 is 11.9 Å². The number of rotatable bonds is 3. The summed E-state index contributed by atoms with van der Waals surface area (Å²) in [6.45, 7) is 13.9. The molecule has 0 aliphatic carbocycles. The minimum Gasteiger partial charge on any atom is -0.393 e. The minimum atomic E-state index is -0.446. The predicted octanol–water partition coefficient (Wildman–Crippen LogP) is 3.56. The molecule has 0 aliphatic rings. The van der Waals surface area contributed by atoms with Crippen molar-refractivity contribution in [3.63, 3.8) is 0 Å². The van der Waals surface area contributed by atoms with Crippen LogP contribution >= 0.6 is 0 Å². The lowest BCUT2D eigenvalue weighted by molar-refractivity contribution is -0.165. The van der Waals surface area contributed by atoms with Crippen molar-refractivity contribution in [1.29, 1.82) is 0 Å². The number of ether oxygens (including phenoxy) is 1. The van der Waals surface area contributed by atoms with Crippen LogP contribution in [0.25, 0.3) is 0 Å². The van der Waals surface area contributed by atoms with Gasteiger partial charge in [-0.2, -0.15) is 0 Å². The van der Waals surface area contributed by atoms with Gasteiger partial charge in [-0.15, -0.1) is 0 Å². The zero-order chi connectivity index (χ0) is 13.9. The van der Waals surface area contributed by atoms with E-state index in [1.807, 2.05) is 20.8 Å². The van der Waals surface area contributed by atoms with Crippen LogP contribution < -0.4 is 0 Å². The van der Waals surface area contributed by atoms with Crippen molar-refractivity contribution in [3.8, 4) is 0 Å². The highest BCUT2D eigenvalue weighted by molar-refractivity contribution is 5.86. The molecule has 0 rings (SSSR count). The number of esters is 2. The zero-order valence-corrected chi connectivity index (χ0v) is 12.2. The molecule has 1 unspecified atom stereocenters. The van der Waals surface area contributed by atoms with Gasteiger partial charge in [0.15, 0.2) is 0 Å². The Bertz CT molecular complexity index is 279. The molecule has 100 valence electrons. The Morgan fingerprint density at radius 2 is 1.53 bits per heavy atom. The van der Waals surface area contributed by atoms with E-state index in [4.69, 9.17) is 4.74 Å². The van der Waals surface area contributed by atoms with Gasteiger partial charge in [0.2, 0.25) is 0 Å². The van der Waals surface area contributed by atoms with E-state index in [2.05, 4.69) is 20.8 Å². The quantitative estimate of drug-likeness (QED) is 0.561. The van der Waals surface area contributed by atoms with Gasteiger partial charge < -0.3 is 4.74 Å². The van der Waals surface area contributed by atoms with Crippen molar-refractivity contribution in [1.82, 2.24) is 0 Å². The maximum atomic E-state index is 12.0. The summed E-state index contributed by atoms with van der Waals surface area (Å²) in [6.07, 6.45) is 0.949. The Hall–Kier alpha value is -0.860. The van der Waals surface area contributed by atoms with Gasteiger partial charge in [-0.1, -0.05) is 48.5 Å². The SMILES string of the molecule is CCC(=O)OC(=O)C(CC(C)(C)C)C(C)(C)C.